The number of carbonyl (C=O) groups is 2. The number of fused-ring (bicyclic) bond motifs is 2. The topological polar surface area (TPSA) is 109 Å². The zero-order valence-corrected chi connectivity index (χ0v) is 20.4. The molecule has 1 aliphatic carbocycles. The number of aryl methyl sites for hydroxylation is 1. The summed E-state index contributed by atoms with van der Waals surface area (Å²) in [5.41, 5.74) is 3.08. The second-order valence-corrected chi connectivity index (χ2v) is 9.07. The van der Waals surface area contributed by atoms with Gasteiger partial charge in [0, 0.05) is 27.7 Å². The Morgan fingerprint density at radius 2 is 1.76 bits per heavy atom. The highest BCUT2D eigenvalue weighted by atomic mass is 35.5. The Balaban J connectivity index is 1.30. The number of carbonyl (C=O) groups excluding carboxylic acids is 2. The molecule has 1 heterocycles. The third kappa shape index (κ3) is 5.15. The average molecular weight is 517 g/mol. The number of hydrogen-bond donors (Lipinski definition) is 0. The number of rotatable bonds is 7. The zero-order valence-electron chi connectivity index (χ0n) is 19.6. The third-order valence-electron chi connectivity index (χ3n) is 6.23. The number of ether oxygens (including phenoxy) is 2. The van der Waals surface area contributed by atoms with Gasteiger partial charge in [-0.25, -0.2) is 4.79 Å². The maximum absolute atomic E-state index is 13.1. The van der Waals surface area contributed by atoms with Gasteiger partial charge in [-0.1, -0.05) is 29.8 Å². The maximum atomic E-state index is 13.1. The summed E-state index contributed by atoms with van der Waals surface area (Å²) in [4.78, 5) is 41.3. The summed E-state index contributed by atoms with van der Waals surface area (Å²) >= 11 is 5.84. The third-order valence-corrected chi connectivity index (χ3v) is 6.46. The molecular formula is C28H21ClN2O6. The molecule has 0 amide bonds. The first kappa shape index (κ1) is 24.4. The van der Waals surface area contributed by atoms with Gasteiger partial charge in [0.25, 0.3) is 0 Å². The van der Waals surface area contributed by atoms with Crippen LogP contribution >= 0.6 is 11.6 Å². The van der Waals surface area contributed by atoms with E-state index in [2.05, 4.69) is 0 Å². The van der Waals surface area contributed by atoms with Gasteiger partial charge in [-0.05, 0) is 73.7 Å². The molecule has 0 fully saturated rings. The van der Waals surface area contributed by atoms with Crippen molar-refractivity contribution in [2.45, 2.75) is 25.7 Å². The lowest BCUT2D eigenvalue weighted by molar-refractivity contribution is -0.385. The maximum Gasteiger partial charge on any atom is 0.339 e. The number of halogens is 1. The lowest BCUT2D eigenvalue weighted by Gasteiger charge is -2.19. The molecule has 0 bridgehead atoms. The normalized spacial score (nSPS) is 12.6. The van der Waals surface area contributed by atoms with Crippen molar-refractivity contribution in [2.24, 2.45) is 0 Å². The zero-order chi connectivity index (χ0) is 25.9. The van der Waals surface area contributed by atoms with Gasteiger partial charge in [0.1, 0.15) is 5.75 Å². The smallest absolute Gasteiger partial charge is 0.339 e. The van der Waals surface area contributed by atoms with Crippen LogP contribution in [0.1, 0.15) is 44.8 Å². The number of ketones is 1. The Bertz CT molecular complexity index is 1530. The molecule has 3 aromatic carbocycles. The van der Waals surface area contributed by atoms with Crippen molar-refractivity contribution in [3.63, 3.8) is 0 Å². The predicted molar refractivity (Wildman–Crippen MR) is 138 cm³/mol. The molecule has 0 aliphatic heterocycles. The lowest BCUT2D eigenvalue weighted by Crippen LogP contribution is -2.18. The van der Waals surface area contributed by atoms with E-state index >= 15 is 0 Å². The van der Waals surface area contributed by atoms with Gasteiger partial charge in [0.05, 0.1) is 16.0 Å². The SMILES string of the molecule is O=C(COC(=O)c1c2c(nc3ccccc13)CCCC2)c1ccc(Oc2ccc(Cl)cc2[N+](=O)[O-])cc1. The van der Waals surface area contributed by atoms with Crippen molar-refractivity contribution in [1.82, 2.24) is 4.98 Å². The highest BCUT2D eigenvalue weighted by Gasteiger charge is 2.24. The van der Waals surface area contributed by atoms with E-state index in [1.54, 1.807) is 0 Å². The molecule has 0 N–H and O–H groups in total. The Morgan fingerprint density at radius 1 is 1.00 bits per heavy atom. The summed E-state index contributed by atoms with van der Waals surface area (Å²) in [5, 5.41) is 12.2. The molecule has 0 radical (unpaired) electrons. The Kier molecular flexibility index (Phi) is 6.83. The molecule has 0 unspecified atom stereocenters. The van der Waals surface area contributed by atoms with Gasteiger partial charge in [-0.3, -0.25) is 19.9 Å². The number of esters is 1. The molecule has 0 saturated carbocycles. The number of benzene rings is 3. The lowest BCUT2D eigenvalue weighted by atomic mass is 9.90. The summed E-state index contributed by atoms with van der Waals surface area (Å²) in [6.45, 7) is -0.423. The van der Waals surface area contributed by atoms with E-state index in [9.17, 15) is 19.7 Å². The van der Waals surface area contributed by atoms with Crippen molar-refractivity contribution in [3.05, 3.63) is 104 Å². The number of nitro groups is 1. The highest BCUT2D eigenvalue weighted by Crippen LogP contribution is 2.34. The van der Waals surface area contributed by atoms with Crippen LogP contribution in [0, 0.1) is 10.1 Å². The number of aromatic nitrogens is 1. The van der Waals surface area contributed by atoms with E-state index in [1.807, 2.05) is 24.3 Å². The second kappa shape index (κ2) is 10.4. The van der Waals surface area contributed by atoms with Crippen LogP contribution in [0.2, 0.25) is 5.02 Å². The summed E-state index contributed by atoms with van der Waals surface area (Å²) < 4.78 is 11.1. The summed E-state index contributed by atoms with van der Waals surface area (Å²) in [6.07, 6.45) is 3.56. The summed E-state index contributed by atoms with van der Waals surface area (Å²) in [5.74, 6) is -0.603. The van der Waals surface area contributed by atoms with E-state index in [-0.39, 0.29) is 22.2 Å². The quantitative estimate of drug-likeness (QED) is 0.119. The van der Waals surface area contributed by atoms with E-state index in [0.717, 1.165) is 47.8 Å². The van der Waals surface area contributed by atoms with Crippen LogP contribution in [0.25, 0.3) is 10.9 Å². The van der Waals surface area contributed by atoms with Gasteiger partial charge in [-0.15, -0.1) is 0 Å². The van der Waals surface area contributed by atoms with Crippen LogP contribution in [-0.4, -0.2) is 28.3 Å². The Hall–Kier alpha value is -4.30. The van der Waals surface area contributed by atoms with Crippen molar-refractivity contribution in [2.75, 3.05) is 6.61 Å². The minimum absolute atomic E-state index is 0.0234. The molecule has 1 aliphatic rings. The number of nitrogens with zero attached hydrogens (tertiary/aromatic N) is 2. The van der Waals surface area contributed by atoms with Crippen LogP contribution in [0.3, 0.4) is 0 Å². The van der Waals surface area contributed by atoms with Gasteiger partial charge in [-0.2, -0.15) is 0 Å². The molecule has 5 rings (SSSR count). The minimum atomic E-state index is -0.587. The van der Waals surface area contributed by atoms with E-state index in [1.165, 1.54) is 42.5 Å². The monoisotopic (exact) mass is 516 g/mol. The number of nitro benzene ring substituents is 1. The summed E-state index contributed by atoms with van der Waals surface area (Å²) in [6, 6.07) is 17.6. The van der Waals surface area contributed by atoms with Gasteiger partial charge < -0.3 is 9.47 Å². The van der Waals surface area contributed by atoms with Crippen LogP contribution in [0.15, 0.2) is 66.7 Å². The molecular weight excluding hydrogens is 496 g/mol. The first-order chi connectivity index (χ1) is 17.9. The van der Waals surface area contributed by atoms with E-state index in [0.29, 0.717) is 16.9 Å². The average Bonchev–Trinajstić information content (AvgIpc) is 2.91. The van der Waals surface area contributed by atoms with Gasteiger partial charge in [0.2, 0.25) is 5.75 Å². The fourth-order valence-electron chi connectivity index (χ4n) is 4.45. The number of para-hydroxylation sites is 1. The van der Waals surface area contributed by atoms with E-state index in [4.69, 9.17) is 26.1 Å². The predicted octanol–water partition coefficient (Wildman–Crippen LogP) is 6.51. The van der Waals surface area contributed by atoms with Crippen LogP contribution in [0.4, 0.5) is 5.69 Å². The largest absolute Gasteiger partial charge is 0.454 e. The first-order valence-electron chi connectivity index (χ1n) is 11.7. The molecule has 0 saturated heterocycles. The highest BCUT2D eigenvalue weighted by molar-refractivity contribution is 6.30. The molecule has 9 heteroatoms. The second-order valence-electron chi connectivity index (χ2n) is 8.63. The number of Topliss-reactive ketones (excluding diaryl/α,β-unsaturated/α-hetero) is 1. The Morgan fingerprint density at radius 3 is 2.54 bits per heavy atom. The Labute approximate surface area is 217 Å². The molecule has 37 heavy (non-hydrogen) atoms. The van der Waals surface area contributed by atoms with Crippen molar-refractivity contribution in [1.29, 1.82) is 0 Å². The first-order valence-corrected chi connectivity index (χ1v) is 12.1. The van der Waals surface area contributed by atoms with Crippen molar-refractivity contribution in [3.8, 4) is 11.5 Å². The number of pyridine rings is 1. The molecule has 186 valence electrons. The van der Waals surface area contributed by atoms with Crippen molar-refractivity contribution < 1.29 is 24.0 Å². The fourth-order valence-corrected chi connectivity index (χ4v) is 4.61. The fraction of sp³-hybridized carbons (Fsp3) is 0.179. The molecule has 4 aromatic rings. The van der Waals surface area contributed by atoms with Crippen molar-refractivity contribution >= 4 is 39.9 Å². The minimum Gasteiger partial charge on any atom is -0.454 e. The van der Waals surface area contributed by atoms with Gasteiger partial charge in [0.15, 0.2) is 12.4 Å². The van der Waals surface area contributed by atoms with E-state index < -0.39 is 17.5 Å². The van der Waals surface area contributed by atoms with Crippen LogP contribution < -0.4 is 4.74 Å². The number of hydrogen-bond acceptors (Lipinski definition) is 7. The van der Waals surface area contributed by atoms with Crippen LogP contribution in [0.5, 0.6) is 11.5 Å². The molecule has 0 atom stereocenters. The molecule has 1 aromatic heterocycles. The molecule has 0 spiro atoms. The van der Waals surface area contributed by atoms with Gasteiger partial charge >= 0.3 is 11.7 Å². The van der Waals surface area contributed by atoms with Crippen LogP contribution in [-0.2, 0) is 17.6 Å². The molecule has 8 nitrogen and oxygen atoms in total. The summed E-state index contributed by atoms with van der Waals surface area (Å²) in [7, 11) is 0. The standard InChI is InChI=1S/C28H21ClN2O6/c29-18-11-14-26(24(15-18)31(34)35)37-19-12-9-17(10-13-19)25(32)16-36-28(33)27-20-5-1-3-7-22(20)30-23-8-4-2-6-21(23)27/h1,3,5,7,9-15H,2,4,6,8,16H2.